The second kappa shape index (κ2) is 10.7. The first-order valence-corrected chi connectivity index (χ1v) is 13.8. The van der Waals surface area contributed by atoms with Crippen molar-refractivity contribution in [2.24, 2.45) is 5.92 Å². The molecule has 6 rings (SSSR count). The Kier molecular flexibility index (Phi) is 7.03. The van der Waals surface area contributed by atoms with E-state index in [0.29, 0.717) is 37.7 Å². The lowest BCUT2D eigenvalue weighted by molar-refractivity contribution is 0.187. The quantitative estimate of drug-likeness (QED) is 0.435. The van der Waals surface area contributed by atoms with Crippen molar-refractivity contribution in [3.63, 3.8) is 0 Å². The Balaban J connectivity index is 1.32. The lowest BCUT2D eigenvalue weighted by Gasteiger charge is -2.36. The normalized spacial score (nSPS) is 21.9. The van der Waals surface area contributed by atoms with E-state index < -0.39 is 0 Å². The highest BCUT2D eigenvalue weighted by atomic mass is 19.1. The monoisotopic (exact) mass is 514 g/mol. The number of fused-ring (bicyclic) bond motifs is 2. The van der Waals surface area contributed by atoms with E-state index in [-0.39, 0.29) is 5.82 Å². The minimum absolute atomic E-state index is 0.219. The number of likely N-dealkylation sites (tertiary alicyclic amines) is 1. The Morgan fingerprint density at radius 2 is 1.97 bits per heavy atom. The van der Waals surface area contributed by atoms with E-state index in [1.54, 1.807) is 6.07 Å². The molecule has 2 fully saturated rings. The number of ether oxygens (including phenoxy) is 1. The standard InChI is InChI=1S/C30H35FN6O/c1-32-17-21-6-4-14-37(18-21)29-26-12-15-36(28-9-3-7-22-16-23(31)10-11-25(22)28)19-27(26)33-30(34-29)38-20-24-8-5-13-35(24)2/h3,7,9-11,16,21,24H,4-6,8,12-15,17-20H2,2H3/t21?,24-/m0/s1. The maximum atomic E-state index is 13.9. The summed E-state index contributed by atoms with van der Waals surface area (Å²) >= 11 is 0. The SMILES string of the molecule is [C-]#[N+]CC1CCCN(c2nc(OC[C@@H]3CCCN3C)nc3c2CCN(c2cccc4cc(F)ccc24)C3)C1. The number of benzene rings is 2. The summed E-state index contributed by atoms with van der Waals surface area (Å²) in [7, 11) is 2.15. The minimum Gasteiger partial charge on any atom is -0.462 e. The highest BCUT2D eigenvalue weighted by Crippen LogP contribution is 2.35. The Morgan fingerprint density at radius 3 is 2.82 bits per heavy atom. The molecule has 2 aromatic carbocycles. The van der Waals surface area contributed by atoms with E-state index >= 15 is 0 Å². The number of anilines is 2. The third kappa shape index (κ3) is 5.00. The first-order chi connectivity index (χ1) is 18.6. The molecule has 1 unspecified atom stereocenters. The van der Waals surface area contributed by atoms with Crippen LogP contribution in [0.5, 0.6) is 6.01 Å². The first-order valence-electron chi connectivity index (χ1n) is 13.8. The Labute approximate surface area is 224 Å². The third-order valence-electron chi connectivity index (χ3n) is 8.43. The first kappa shape index (κ1) is 24.9. The molecule has 0 amide bonds. The summed E-state index contributed by atoms with van der Waals surface area (Å²) < 4.78 is 20.1. The van der Waals surface area contributed by atoms with Gasteiger partial charge in [0.1, 0.15) is 18.2 Å². The van der Waals surface area contributed by atoms with Crippen LogP contribution < -0.4 is 14.5 Å². The van der Waals surface area contributed by atoms with Gasteiger partial charge in [0.25, 0.3) is 0 Å². The van der Waals surface area contributed by atoms with Crippen LogP contribution in [0, 0.1) is 18.3 Å². The molecule has 7 nitrogen and oxygen atoms in total. The molecule has 3 aliphatic heterocycles. The number of piperidine rings is 1. The van der Waals surface area contributed by atoms with Crippen LogP contribution in [0.4, 0.5) is 15.9 Å². The number of nitrogens with zero attached hydrogens (tertiary/aromatic N) is 6. The summed E-state index contributed by atoms with van der Waals surface area (Å²) in [5, 5.41) is 1.95. The van der Waals surface area contributed by atoms with Gasteiger partial charge in [-0.25, -0.2) is 11.0 Å². The number of hydrogen-bond acceptors (Lipinski definition) is 6. The molecule has 2 atom stereocenters. The van der Waals surface area contributed by atoms with Crippen LogP contribution in [0.3, 0.4) is 0 Å². The van der Waals surface area contributed by atoms with Gasteiger partial charge in [0.2, 0.25) is 6.54 Å². The Morgan fingerprint density at radius 1 is 1.08 bits per heavy atom. The van der Waals surface area contributed by atoms with Crippen molar-refractivity contribution >= 4 is 22.3 Å². The van der Waals surface area contributed by atoms with Crippen molar-refractivity contribution in [2.45, 2.75) is 44.7 Å². The summed E-state index contributed by atoms with van der Waals surface area (Å²) in [6, 6.07) is 11.9. The number of halogens is 1. The van der Waals surface area contributed by atoms with Gasteiger partial charge < -0.3 is 24.3 Å². The van der Waals surface area contributed by atoms with E-state index in [1.807, 2.05) is 18.2 Å². The molecule has 0 N–H and O–H groups in total. The second-order valence-corrected chi connectivity index (χ2v) is 11.0. The van der Waals surface area contributed by atoms with Gasteiger partial charge in [0, 0.05) is 48.2 Å². The molecule has 38 heavy (non-hydrogen) atoms. The fraction of sp³-hybridized carbons (Fsp3) is 0.500. The third-order valence-corrected chi connectivity index (χ3v) is 8.43. The predicted octanol–water partition coefficient (Wildman–Crippen LogP) is 4.94. The molecule has 3 aliphatic rings. The smallest absolute Gasteiger partial charge is 0.318 e. The average molecular weight is 515 g/mol. The Bertz CT molecular complexity index is 1360. The summed E-state index contributed by atoms with van der Waals surface area (Å²) in [5.74, 6) is 1.14. The molecule has 198 valence electrons. The molecule has 2 saturated heterocycles. The summed E-state index contributed by atoms with van der Waals surface area (Å²) in [6.45, 7) is 12.9. The van der Waals surface area contributed by atoms with Gasteiger partial charge in [-0.2, -0.15) is 9.97 Å². The molecule has 0 radical (unpaired) electrons. The maximum absolute atomic E-state index is 13.9. The molecule has 0 spiro atoms. The summed E-state index contributed by atoms with van der Waals surface area (Å²) in [6.07, 6.45) is 5.33. The molecule has 0 aliphatic carbocycles. The zero-order valence-electron chi connectivity index (χ0n) is 22.1. The van der Waals surface area contributed by atoms with E-state index in [2.05, 4.69) is 32.7 Å². The van der Waals surface area contributed by atoms with Crippen LogP contribution in [-0.4, -0.2) is 67.3 Å². The molecular formula is C30H35FN6O. The minimum atomic E-state index is -0.219. The van der Waals surface area contributed by atoms with Crippen LogP contribution in [0.1, 0.15) is 36.9 Å². The van der Waals surface area contributed by atoms with Crippen molar-refractivity contribution < 1.29 is 9.13 Å². The van der Waals surface area contributed by atoms with Gasteiger partial charge in [-0.1, -0.05) is 12.1 Å². The predicted molar refractivity (Wildman–Crippen MR) is 148 cm³/mol. The van der Waals surface area contributed by atoms with E-state index in [9.17, 15) is 4.39 Å². The van der Waals surface area contributed by atoms with E-state index in [0.717, 1.165) is 79.8 Å². The van der Waals surface area contributed by atoms with Crippen LogP contribution in [-0.2, 0) is 13.0 Å². The van der Waals surface area contributed by atoms with Gasteiger partial charge in [0.15, 0.2) is 0 Å². The van der Waals surface area contributed by atoms with Crippen molar-refractivity contribution in [3.8, 4) is 6.01 Å². The molecule has 4 heterocycles. The van der Waals surface area contributed by atoms with E-state index in [4.69, 9.17) is 21.3 Å². The average Bonchev–Trinajstić information content (AvgIpc) is 3.35. The van der Waals surface area contributed by atoms with Crippen LogP contribution in [0.25, 0.3) is 15.6 Å². The number of aromatic nitrogens is 2. The number of rotatable bonds is 6. The molecule has 0 bridgehead atoms. The molecule has 0 saturated carbocycles. The van der Waals surface area contributed by atoms with Crippen molar-refractivity contribution in [3.05, 3.63) is 64.9 Å². The topological polar surface area (TPSA) is 49.1 Å². The van der Waals surface area contributed by atoms with Gasteiger partial charge in [-0.15, -0.1) is 0 Å². The van der Waals surface area contributed by atoms with Crippen molar-refractivity contribution in [2.75, 3.05) is 56.2 Å². The van der Waals surface area contributed by atoms with Crippen LogP contribution in [0.15, 0.2) is 36.4 Å². The largest absolute Gasteiger partial charge is 0.462 e. The second-order valence-electron chi connectivity index (χ2n) is 11.0. The zero-order valence-corrected chi connectivity index (χ0v) is 22.1. The summed E-state index contributed by atoms with van der Waals surface area (Å²) in [4.78, 5) is 20.7. The molecule has 8 heteroatoms. The fourth-order valence-electron chi connectivity index (χ4n) is 6.33. The van der Waals surface area contributed by atoms with Gasteiger partial charge >= 0.3 is 6.01 Å². The van der Waals surface area contributed by atoms with Crippen molar-refractivity contribution in [1.29, 1.82) is 0 Å². The molecule has 1 aromatic heterocycles. The van der Waals surface area contributed by atoms with Crippen LogP contribution in [0.2, 0.25) is 0 Å². The van der Waals surface area contributed by atoms with Gasteiger partial charge in [0.05, 0.1) is 12.2 Å². The lowest BCUT2D eigenvalue weighted by atomic mass is 9.96. The molecule has 3 aromatic rings. The Hall–Kier alpha value is -3.44. The number of hydrogen-bond donors (Lipinski definition) is 0. The maximum Gasteiger partial charge on any atom is 0.318 e. The number of likely N-dealkylation sites (N-methyl/N-ethyl adjacent to an activating group) is 1. The molecular weight excluding hydrogens is 479 g/mol. The highest BCUT2D eigenvalue weighted by molar-refractivity contribution is 5.94. The van der Waals surface area contributed by atoms with Gasteiger partial charge in [-0.3, -0.25) is 0 Å². The zero-order chi connectivity index (χ0) is 26.1. The van der Waals surface area contributed by atoms with E-state index in [1.165, 1.54) is 18.1 Å². The van der Waals surface area contributed by atoms with Crippen LogP contribution >= 0.6 is 0 Å². The lowest BCUT2D eigenvalue weighted by Crippen LogP contribution is -2.39. The van der Waals surface area contributed by atoms with Gasteiger partial charge in [-0.05, 0) is 75.3 Å². The summed E-state index contributed by atoms with van der Waals surface area (Å²) in [5.41, 5.74) is 3.29. The highest BCUT2D eigenvalue weighted by Gasteiger charge is 2.30. The van der Waals surface area contributed by atoms with Crippen molar-refractivity contribution in [1.82, 2.24) is 14.9 Å². The fourth-order valence-corrected chi connectivity index (χ4v) is 6.33.